The fraction of sp³-hybridized carbons (Fsp3) is 1.00. The second-order valence-electron chi connectivity index (χ2n) is 4.98. The highest BCUT2D eigenvalue weighted by Crippen LogP contribution is 2.31. The average Bonchev–Trinajstić information content (AvgIpc) is 2.16. The van der Waals surface area contributed by atoms with Gasteiger partial charge in [-0.15, -0.1) is 0 Å². The topological polar surface area (TPSA) is 38.5 Å². The van der Waals surface area contributed by atoms with Crippen LogP contribution in [-0.4, -0.2) is 43.3 Å². The van der Waals surface area contributed by atoms with E-state index in [4.69, 9.17) is 10.5 Å². The van der Waals surface area contributed by atoms with Gasteiger partial charge in [0.1, 0.15) is 0 Å². The van der Waals surface area contributed by atoms with E-state index in [1.54, 1.807) is 0 Å². The third-order valence-electron chi connectivity index (χ3n) is 3.84. The van der Waals surface area contributed by atoms with E-state index in [-0.39, 0.29) is 12.1 Å². The van der Waals surface area contributed by atoms with E-state index in [9.17, 15) is 0 Å². The Morgan fingerprint density at radius 3 is 2.87 bits per heavy atom. The monoisotopic (exact) mass is 212 g/mol. The number of hydrogen-bond donors (Lipinski definition) is 1. The van der Waals surface area contributed by atoms with Gasteiger partial charge >= 0.3 is 0 Å². The molecule has 1 saturated heterocycles. The minimum absolute atomic E-state index is 0.276. The zero-order valence-corrected chi connectivity index (χ0v) is 9.82. The highest BCUT2D eigenvalue weighted by Gasteiger charge is 2.33. The maximum atomic E-state index is 6.26. The van der Waals surface area contributed by atoms with Gasteiger partial charge in [0.2, 0.25) is 0 Å². The third-order valence-corrected chi connectivity index (χ3v) is 3.84. The van der Waals surface area contributed by atoms with Gasteiger partial charge in [0.15, 0.2) is 0 Å². The fourth-order valence-electron chi connectivity index (χ4n) is 2.61. The number of nitrogens with zero attached hydrogens (tertiary/aromatic N) is 1. The first-order valence-electron chi connectivity index (χ1n) is 6.40. The van der Waals surface area contributed by atoms with Gasteiger partial charge in [-0.2, -0.15) is 0 Å². The molecule has 15 heavy (non-hydrogen) atoms. The molecule has 1 saturated carbocycles. The van der Waals surface area contributed by atoms with Crippen molar-refractivity contribution < 1.29 is 4.74 Å². The van der Waals surface area contributed by atoms with Gasteiger partial charge in [-0.3, -0.25) is 4.90 Å². The molecular formula is C12H24N2O. The Hall–Kier alpha value is -0.120. The van der Waals surface area contributed by atoms with Crippen molar-refractivity contribution in [3.8, 4) is 0 Å². The van der Waals surface area contributed by atoms with Crippen LogP contribution in [0.3, 0.4) is 0 Å². The molecule has 2 unspecified atom stereocenters. The lowest BCUT2D eigenvalue weighted by Crippen LogP contribution is -2.54. The van der Waals surface area contributed by atoms with Crippen molar-refractivity contribution in [2.24, 2.45) is 11.7 Å². The Balaban J connectivity index is 1.80. The Morgan fingerprint density at radius 2 is 2.27 bits per heavy atom. The Morgan fingerprint density at radius 1 is 1.47 bits per heavy atom. The zero-order valence-electron chi connectivity index (χ0n) is 9.82. The lowest BCUT2D eigenvalue weighted by Gasteiger charge is -2.41. The predicted molar refractivity (Wildman–Crippen MR) is 61.8 cm³/mol. The van der Waals surface area contributed by atoms with E-state index in [1.165, 1.54) is 32.2 Å². The molecule has 1 heterocycles. The minimum atomic E-state index is 0.276. The van der Waals surface area contributed by atoms with E-state index in [0.717, 1.165) is 25.6 Å². The van der Waals surface area contributed by atoms with Crippen molar-refractivity contribution in [3.05, 3.63) is 0 Å². The standard InChI is InChI=1S/C12H24N2O/c1-2-6-14-7-8-15-11(9-14)12(13)10-4-3-5-10/h10-12H,2-9,13H2,1H3. The first-order valence-corrected chi connectivity index (χ1v) is 6.40. The van der Waals surface area contributed by atoms with Crippen LogP contribution >= 0.6 is 0 Å². The fourth-order valence-corrected chi connectivity index (χ4v) is 2.61. The molecular weight excluding hydrogens is 188 g/mol. The Kier molecular flexibility index (Phi) is 4.00. The minimum Gasteiger partial charge on any atom is -0.374 e. The van der Waals surface area contributed by atoms with Crippen LogP contribution in [0.15, 0.2) is 0 Å². The van der Waals surface area contributed by atoms with Crippen LogP contribution in [0, 0.1) is 5.92 Å². The van der Waals surface area contributed by atoms with Crippen LogP contribution in [0.25, 0.3) is 0 Å². The summed E-state index contributed by atoms with van der Waals surface area (Å²) in [5, 5.41) is 0. The van der Waals surface area contributed by atoms with Crippen LogP contribution in [0.5, 0.6) is 0 Å². The van der Waals surface area contributed by atoms with Gasteiger partial charge in [-0.1, -0.05) is 13.3 Å². The van der Waals surface area contributed by atoms with Crippen LogP contribution in [0.2, 0.25) is 0 Å². The molecule has 3 nitrogen and oxygen atoms in total. The molecule has 2 fully saturated rings. The second kappa shape index (κ2) is 5.28. The smallest absolute Gasteiger partial charge is 0.0855 e. The summed E-state index contributed by atoms with van der Waals surface area (Å²) >= 11 is 0. The van der Waals surface area contributed by atoms with Crippen LogP contribution in [0.4, 0.5) is 0 Å². The molecule has 2 atom stereocenters. The van der Waals surface area contributed by atoms with Crippen molar-refractivity contribution >= 4 is 0 Å². The number of hydrogen-bond acceptors (Lipinski definition) is 3. The highest BCUT2D eigenvalue weighted by molar-refractivity contribution is 4.89. The number of rotatable bonds is 4. The summed E-state index contributed by atoms with van der Waals surface area (Å²) in [7, 11) is 0. The van der Waals surface area contributed by atoms with Crippen molar-refractivity contribution in [3.63, 3.8) is 0 Å². The quantitative estimate of drug-likeness (QED) is 0.761. The Bertz CT molecular complexity index is 192. The molecule has 0 aromatic rings. The van der Waals surface area contributed by atoms with Crippen molar-refractivity contribution in [2.75, 3.05) is 26.2 Å². The van der Waals surface area contributed by atoms with Crippen molar-refractivity contribution in [2.45, 2.75) is 44.8 Å². The molecule has 2 N–H and O–H groups in total. The van der Waals surface area contributed by atoms with Crippen molar-refractivity contribution in [1.82, 2.24) is 4.90 Å². The first kappa shape index (κ1) is 11.4. The molecule has 0 aromatic carbocycles. The van der Waals surface area contributed by atoms with Gasteiger partial charge < -0.3 is 10.5 Å². The second-order valence-corrected chi connectivity index (χ2v) is 4.98. The van der Waals surface area contributed by atoms with E-state index in [0.29, 0.717) is 0 Å². The molecule has 0 amide bonds. The first-order chi connectivity index (χ1) is 7.31. The number of morpholine rings is 1. The van der Waals surface area contributed by atoms with E-state index >= 15 is 0 Å². The summed E-state index contributed by atoms with van der Waals surface area (Å²) in [4.78, 5) is 2.49. The van der Waals surface area contributed by atoms with Gasteiger partial charge in [-0.05, 0) is 31.7 Å². The lowest BCUT2D eigenvalue weighted by atomic mass is 9.78. The van der Waals surface area contributed by atoms with Gasteiger partial charge in [-0.25, -0.2) is 0 Å². The molecule has 3 heteroatoms. The molecule has 88 valence electrons. The largest absolute Gasteiger partial charge is 0.374 e. The summed E-state index contributed by atoms with van der Waals surface area (Å²) in [5.74, 6) is 0.733. The zero-order chi connectivity index (χ0) is 10.7. The Labute approximate surface area is 93.0 Å². The summed E-state index contributed by atoms with van der Waals surface area (Å²) in [6.07, 6.45) is 5.51. The maximum absolute atomic E-state index is 6.26. The summed E-state index contributed by atoms with van der Waals surface area (Å²) in [6, 6.07) is 0.276. The highest BCUT2D eigenvalue weighted by atomic mass is 16.5. The predicted octanol–water partition coefficient (Wildman–Crippen LogP) is 1.22. The number of nitrogens with two attached hydrogens (primary N) is 1. The molecule has 0 aromatic heterocycles. The van der Waals surface area contributed by atoms with E-state index in [1.807, 2.05) is 0 Å². The SMILES string of the molecule is CCCN1CCOC(C(N)C2CCC2)C1. The molecule has 1 aliphatic carbocycles. The van der Waals surface area contributed by atoms with Crippen molar-refractivity contribution in [1.29, 1.82) is 0 Å². The summed E-state index contributed by atoms with van der Waals surface area (Å²) in [5.41, 5.74) is 6.26. The van der Waals surface area contributed by atoms with Crippen LogP contribution in [0.1, 0.15) is 32.6 Å². The van der Waals surface area contributed by atoms with Crippen LogP contribution < -0.4 is 5.73 Å². The molecule has 2 rings (SSSR count). The maximum Gasteiger partial charge on any atom is 0.0855 e. The normalized spacial score (nSPS) is 31.2. The molecule has 0 radical (unpaired) electrons. The van der Waals surface area contributed by atoms with E-state index < -0.39 is 0 Å². The van der Waals surface area contributed by atoms with Gasteiger partial charge in [0.25, 0.3) is 0 Å². The molecule has 0 spiro atoms. The summed E-state index contributed by atoms with van der Waals surface area (Å²) in [6.45, 7) is 6.42. The third kappa shape index (κ3) is 2.71. The van der Waals surface area contributed by atoms with Crippen LogP contribution in [-0.2, 0) is 4.74 Å². The van der Waals surface area contributed by atoms with Gasteiger partial charge in [0, 0.05) is 19.1 Å². The lowest BCUT2D eigenvalue weighted by molar-refractivity contribution is -0.0553. The van der Waals surface area contributed by atoms with Gasteiger partial charge in [0.05, 0.1) is 12.7 Å². The summed E-state index contributed by atoms with van der Waals surface area (Å²) < 4.78 is 5.81. The molecule has 1 aliphatic heterocycles. The number of ether oxygens (including phenoxy) is 1. The molecule has 0 bridgehead atoms. The average molecular weight is 212 g/mol. The molecule has 2 aliphatic rings. The van der Waals surface area contributed by atoms with E-state index in [2.05, 4.69) is 11.8 Å².